The van der Waals surface area contributed by atoms with Crippen LogP contribution in [0, 0.1) is 0 Å². The first-order chi connectivity index (χ1) is 25.2. The molecule has 0 atom stereocenters. The van der Waals surface area contributed by atoms with Crippen LogP contribution in [0.1, 0.15) is 0 Å². The Morgan fingerprint density at radius 2 is 0.804 bits per heavy atom. The van der Waals surface area contributed by atoms with E-state index >= 15 is 0 Å². The summed E-state index contributed by atoms with van der Waals surface area (Å²) < 4.78 is 19.2. The third-order valence-corrected chi connectivity index (χ3v) is 9.76. The molecule has 11 rings (SSSR count). The van der Waals surface area contributed by atoms with Crippen molar-refractivity contribution < 1.29 is 13.3 Å². The molecule has 11 aromatic rings. The second-order valence-corrected chi connectivity index (χ2v) is 12.8. The molecular weight excluding hydrogens is 631 g/mol. The van der Waals surface area contributed by atoms with Gasteiger partial charge < -0.3 is 13.3 Å². The second kappa shape index (κ2) is 10.7. The summed E-state index contributed by atoms with van der Waals surface area (Å²) >= 11 is 0. The molecule has 0 fully saturated rings. The van der Waals surface area contributed by atoms with Crippen molar-refractivity contribution in [3.8, 4) is 45.3 Å². The number of furan rings is 3. The lowest BCUT2D eigenvalue weighted by Gasteiger charge is -2.10. The average Bonchev–Trinajstić information content (AvgIpc) is 3.88. The predicted octanol–water partition coefficient (Wildman–Crippen LogP) is 12.2. The molecule has 7 aromatic carbocycles. The fraction of sp³-hybridized carbons (Fsp3) is 0. The van der Waals surface area contributed by atoms with Crippen LogP contribution in [0.3, 0.4) is 0 Å². The molecular formula is C45H25N3O3. The zero-order valence-electron chi connectivity index (χ0n) is 27.0. The first-order valence-corrected chi connectivity index (χ1v) is 16.8. The first-order valence-electron chi connectivity index (χ1n) is 16.8. The molecule has 0 saturated heterocycles. The Balaban J connectivity index is 1.14. The Morgan fingerprint density at radius 1 is 0.314 bits per heavy atom. The van der Waals surface area contributed by atoms with Crippen molar-refractivity contribution in [3.63, 3.8) is 0 Å². The Hall–Kier alpha value is -7.05. The van der Waals surface area contributed by atoms with Crippen LogP contribution in [-0.4, -0.2) is 15.0 Å². The van der Waals surface area contributed by atoms with Crippen LogP contribution in [-0.2, 0) is 0 Å². The zero-order valence-corrected chi connectivity index (χ0v) is 27.0. The van der Waals surface area contributed by atoms with Gasteiger partial charge in [0, 0.05) is 43.4 Å². The maximum absolute atomic E-state index is 6.68. The van der Waals surface area contributed by atoms with Crippen molar-refractivity contribution in [2.24, 2.45) is 0 Å². The van der Waals surface area contributed by atoms with Gasteiger partial charge in [-0.1, -0.05) is 103 Å². The van der Waals surface area contributed by atoms with Crippen molar-refractivity contribution >= 4 is 65.8 Å². The highest BCUT2D eigenvalue weighted by molar-refractivity contribution is 6.17. The maximum atomic E-state index is 6.68. The second-order valence-electron chi connectivity index (χ2n) is 12.8. The molecule has 0 aliphatic carbocycles. The first kappa shape index (κ1) is 27.9. The number of para-hydroxylation sites is 3. The molecule has 0 N–H and O–H groups in total. The largest absolute Gasteiger partial charge is 0.456 e. The molecule has 0 amide bonds. The summed E-state index contributed by atoms with van der Waals surface area (Å²) in [6, 6.07) is 51.1. The Labute approximate surface area is 290 Å². The van der Waals surface area contributed by atoms with E-state index in [9.17, 15) is 0 Å². The highest BCUT2D eigenvalue weighted by atomic mass is 16.3. The van der Waals surface area contributed by atoms with Gasteiger partial charge in [0.25, 0.3) is 0 Å². The molecule has 6 nitrogen and oxygen atoms in total. The van der Waals surface area contributed by atoms with Gasteiger partial charge in [-0.2, -0.15) is 0 Å². The van der Waals surface area contributed by atoms with Crippen LogP contribution in [0.5, 0.6) is 0 Å². The molecule has 4 aromatic heterocycles. The van der Waals surface area contributed by atoms with E-state index in [0.29, 0.717) is 23.1 Å². The third kappa shape index (κ3) is 4.33. The van der Waals surface area contributed by atoms with Gasteiger partial charge in [0.15, 0.2) is 17.5 Å². The molecule has 0 aliphatic rings. The van der Waals surface area contributed by atoms with Crippen molar-refractivity contribution in [2.75, 3.05) is 0 Å². The van der Waals surface area contributed by atoms with Crippen molar-refractivity contribution in [1.82, 2.24) is 15.0 Å². The summed E-state index contributed by atoms with van der Waals surface area (Å²) in [5.74, 6) is 1.64. The molecule has 238 valence electrons. The number of rotatable bonds is 4. The molecule has 0 unspecified atom stereocenters. The van der Waals surface area contributed by atoms with Crippen LogP contribution >= 0.6 is 0 Å². The van der Waals surface area contributed by atoms with Crippen molar-refractivity contribution in [1.29, 1.82) is 0 Å². The van der Waals surface area contributed by atoms with E-state index in [-0.39, 0.29) is 0 Å². The van der Waals surface area contributed by atoms with E-state index in [4.69, 9.17) is 28.2 Å². The number of nitrogens with zero attached hydrogens (tertiary/aromatic N) is 3. The molecule has 6 heteroatoms. The van der Waals surface area contributed by atoms with E-state index in [1.807, 2.05) is 97.1 Å². The van der Waals surface area contributed by atoms with Crippen LogP contribution in [0.25, 0.3) is 111 Å². The molecule has 0 spiro atoms. The standard InChI is InChI=1S/C45H25N3O3/c1-2-10-26(11-3-1)43-46-44(28-19-21-33-31-13-5-8-16-37(31)50-40(33)25-28)48-45(47-43)35-23-22-29(41-34-14-6-9-17-38(34)51-42(35)41)27-18-20-32-30-12-4-7-15-36(30)49-39(32)24-27/h1-25H. The minimum Gasteiger partial charge on any atom is -0.456 e. The van der Waals surface area contributed by atoms with Gasteiger partial charge in [0.1, 0.15) is 33.5 Å². The van der Waals surface area contributed by atoms with Gasteiger partial charge >= 0.3 is 0 Å². The Bertz CT molecular complexity index is 3150. The smallest absolute Gasteiger partial charge is 0.167 e. The van der Waals surface area contributed by atoms with Gasteiger partial charge in [-0.25, -0.2) is 15.0 Å². The van der Waals surface area contributed by atoms with Crippen LogP contribution in [0.15, 0.2) is 165 Å². The summed E-state index contributed by atoms with van der Waals surface area (Å²) in [4.78, 5) is 15.2. The Kier molecular flexibility index (Phi) is 5.86. The number of hydrogen-bond acceptors (Lipinski definition) is 6. The van der Waals surface area contributed by atoms with Gasteiger partial charge in [0.2, 0.25) is 0 Å². The third-order valence-electron chi connectivity index (χ3n) is 9.76. The number of fused-ring (bicyclic) bond motifs is 9. The van der Waals surface area contributed by atoms with Gasteiger partial charge in [0.05, 0.1) is 5.56 Å². The lowest BCUT2D eigenvalue weighted by molar-refractivity contribution is 0.668. The minimum atomic E-state index is 0.520. The van der Waals surface area contributed by atoms with Crippen LogP contribution < -0.4 is 0 Å². The Morgan fingerprint density at radius 3 is 1.49 bits per heavy atom. The summed E-state index contributed by atoms with van der Waals surface area (Å²) in [5, 5.41) is 6.32. The number of benzene rings is 7. The van der Waals surface area contributed by atoms with E-state index in [0.717, 1.165) is 88.0 Å². The zero-order chi connectivity index (χ0) is 33.5. The van der Waals surface area contributed by atoms with Crippen molar-refractivity contribution in [2.45, 2.75) is 0 Å². The molecule has 0 saturated carbocycles. The fourth-order valence-corrected chi connectivity index (χ4v) is 7.35. The van der Waals surface area contributed by atoms with Crippen LogP contribution in [0.4, 0.5) is 0 Å². The van der Waals surface area contributed by atoms with Gasteiger partial charge in [-0.15, -0.1) is 0 Å². The summed E-state index contributed by atoms with van der Waals surface area (Å²) in [6.45, 7) is 0. The normalized spacial score (nSPS) is 11.9. The predicted molar refractivity (Wildman–Crippen MR) is 203 cm³/mol. The maximum Gasteiger partial charge on any atom is 0.167 e. The molecule has 0 radical (unpaired) electrons. The SMILES string of the molecule is c1ccc(-c2nc(-c3ccc4c(c3)oc3ccccc34)nc(-c3ccc(-c4ccc5c(c4)oc4ccccc45)c4c3oc3ccccc34)n2)cc1. The number of aromatic nitrogens is 3. The lowest BCUT2D eigenvalue weighted by Crippen LogP contribution is -2.00. The highest BCUT2D eigenvalue weighted by Crippen LogP contribution is 2.43. The van der Waals surface area contributed by atoms with E-state index in [2.05, 4.69) is 54.6 Å². The van der Waals surface area contributed by atoms with Gasteiger partial charge in [-0.05, 0) is 59.7 Å². The average molecular weight is 656 g/mol. The quantitative estimate of drug-likeness (QED) is 0.188. The summed E-state index contributed by atoms with van der Waals surface area (Å²) in [5.41, 5.74) is 9.41. The minimum absolute atomic E-state index is 0.520. The summed E-state index contributed by atoms with van der Waals surface area (Å²) in [6.07, 6.45) is 0. The lowest BCUT2D eigenvalue weighted by atomic mass is 9.96. The topological polar surface area (TPSA) is 78.1 Å². The van der Waals surface area contributed by atoms with E-state index < -0.39 is 0 Å². The van der Waals surface area contributed by atoms with Crippen LogP contribution in [0.2, 0.25) is 0 Å². The fourth-order valence-electron chi connectivity index (χ4n) is 7.35. The van der Waals surface area contributed by atoms with Crippen molar-refractivity contribution in [3.05, 3.63) is 152 Å². The van der Waals surface area contributed by atoms with Gasteiger partial charge in [-0.3, -0.25) is 0 Å². The molecule has 51 heavy (non-hydrogen) atoms. The molecule has 0 bridgehead atoms. The highest BCUT2D eigenvalue weighted by Gasteiger charge is 2.21. The van der Waals surface area contributed by atoms with E-state index in [1.54, 1.807) is 0 Å². The summed E-state index contributed by atoms with van der Waals surface area (Å²) in [7, 11) is 0. The molecule has 0 aliphatic heterocycles. The number of hydrogen-bond donors (Lipinski definition) is 0. The molecule has 4 heterocycles. The monoisotopic (exact) mass is 655 g/mol. The van der Waals surface area contributed by atoms with E-state index in [1.165, 1.54) is 0 Å².